The molecule has 7 nitrogen and oxygen atoms in total. The first kappa shape index (κ1) is 20.4. The molecule has 0 saturated heterocycles. The quantitative estimate of drug-likeness (QED) is 0.716. The molecule has 1 atom stereocenters. The molecule has 0 radical (unpaired) electrons. The number of carbonyl (C=O) groups is 1. The first-order chi connectivity index (χ1) is 11.3. The van der Waals surface area contributed by atoms with Crippen molar-refractivity contribution in [1.29, 1.82) is 0 Å². The summed E-state index contributed by atoms with van der Waals surface area (Å²) in [6.45, 7) is 5.54. The summed E-state index contributed by atoms with van der Waals surface area (Å²) in [6, 6.07) is 4.73. The summed E-state index contributed by atoms with van der Waals surface area (Å²) >= 11 is 0. The normalized spacial score (nSPS) is 12.9. The topological polar surface area (TPSA) is 84.9 Å². The molecule has 8 heteroatoms. The Morgan fingerprint density at radius 2 is 2.00 bits per heavy atom. The van der Waals surface area contributed by atoms with Gasteiger partial charge in [-0.2, -0.15) is 4.31 Å². The first-order valence-electron chi connectivity index (χ1n) is 7.69. The second-order valence-electron chi connectivity index (χ2n) is 5.51. The molecule has 1 amide bonds. The third-order valence-corrected chi connectivity index (χ3v) is 5.38. The van der Waals surface area contributed by atoms with Gasteiger partial charge in [0.1, 0.15) is 10.6 Å². The zero-order chi connectivity index (χ0) is 18.3. The smallest absolute Gasteiger partial charge is 0.247 e. The number of hydrogen-bond acceptors (Lipinski definition) is 5. The first-order valence-corrected chi connectivity index (χ1v) is 9.13. The monoisotopic (exact) mass is 358 g/mol. The predicted octanol–water partition coefficient (Wildman–Crippen LogP) is 1.17. The van der Waals surface area contributed by atoms with Gasteiger partial charge in [-0.3, -0.25) is 4.79 Å². The van der Waals surface area contributed by atoms with E-state index in [2.05, 4.69) is 5.32 Å². The molecule has 0 aromatic heterocycles. The van der Waals surface area contributed by atoms with Gasteiger partial charge in [-0.1, -0.05) is 13.0 Å². The van der Waals surface area contributed by atoms with Gasteiger partial charge in [0.2, 0.25) is 15.9 Å². The average molecular weight is 358 g/mol. The van der Waals surface area contributed by atoms with Crippen molar-refractivity contribution in [2.24, 2.45) is 0 Å². The third kappa shape index (κ3) is 5.19. The molecule has 0 heterocycles. The number of nitrogens with zero attached hydrogens (tertiary/aromatic N) is 1. The van der Waals surface area contributed by atoms with Gasteiger partial charge in [0, 0.05) is 19.7 Å². The van der Waals surface area contributed by atoms with Crippen molar-refractivity contribution in [2.45, 2.75) is 31.7 Å². The van der Waals surface area contributed by atoms with E-state index in [4.69, 9.17) is 9.47 Å². The fourth-order valence-corrected chi connectivity index (χ4v) is 3.91. The number of hydrogen-bond donors (Lipinski definition) is 1. The molecule has 0 spiro atoms. The van der Waals surface area contributed by atoms with Gasteiger partial charge in [-0.15, -0.1) is 0 Å². The number of methoxy groups -OCH3 is 2. The zero-order valence-corrected chi connectivity index (χ0v) is 15.6. The van der Waals surface area contributed by atoms with E-state index in [1.54, 1.807) is 39.0 Å². The van der Waals surface area contributed by atoms with E-state index in [0.717, 1.165) is 9.87 Å². The molecule has 0 aliphatic heterocycles. The Kier molecular flexibility index (Phi) is 7.65. The summed E-state index contributed by atoms with van der Waals surface area (Å²) in [5, 5.41) is 2.71. The van der Waals surface area contributed by atoms with Crippen LogP contribution in [0.5, 0.6) is 5.75 Å². The minimum absolute atomic E-state index is 0.0598. The standard InChI is InChI=1S/C16H26N2O5S/c1-6-18(10-16(19)17-13(3)11-22-4)24(20,21)15-9-12(2)7-8-14(15)23-5/h7-9,13H,6,10-11H2,1-5H3,(H,17,19)/t13-/m0/s1. The molecule has 136 valence electrons. The minimum Gasteiger partial charge on any atom is -0.495 e. The van der Waals surface area contributed by atoms with Crippen LogP contribution in [0, 0.1) is 6.92 Å². The fraction of sp³-hybridized carbons (Fsp3) is 0.562. The maximum absolute atomic E-state index is 12.9. The maximum atomic E-state index is 12.9. The molecule has 0 fully saturated rings. The highest BCUT2D eigenvalue weighted by molar-refractivity contribution is 7.89. The van der Waals surface area contributed by atoms with Crippen LogP contribution in [0.25, 0.3) is 0 Å². The van der Waals surface area contributed by atoms with Crippen LogP contribution in [0.15, 0.2) is 23.1 Å². The van der Waals surface area contributed by atoms with Crippen LogP contribution >= 0.6 is 0 Å². The van der Waals surface area contributed by atoms with Gasteiger partial charge in [0.25, 0.3) is 0 Å². The van der Waals surface area contributed by atoms with Crippen LogP contribution in [0.3, 0.4) is 0 Å². The van der Waals surface area contributed by atoms with Crippen LogP contribution in [0.1, 0.15) is 19.4 Å². The Morgan fingerprint density at radius 1 is 1.33 bits per heavy atom. The molecule has 0 aliphatic carbocycles. The highest BCUT2D eigenvalue weighted by atomic mass is 32.2. The van der Waals surface area contributed by atoms with Crippen molar-refractivity contribution in [1.82, 2.24) is 9.62 Å². The second kappa shape index (κ2) is 9.00. The summed E-state index contributed by atoms with van der Waals surface area (Å²) in [4.78, 5) is 12.2. The van der Waals surface area contributed by atoms with Crippen molar-refractivity contribution in [3.63, 3.8) is 0 Å². The van der Waals surface area contributed by atoms with Crippen molar-refractivity contribution in [3.8, 4) is 5.75 Å². The predicted molar refractivity (Wildman–Crippen MR) is 91.6 cm³/mol. The minimum atomic E-state index is -3.84. The summed E-state index contributed by atoms with van der Waals surface area (Å²) < 4.78 is 37.0. The molecular formula is C16H26N2O5S. The molecule has 1 aromatic carbocycles. The SMILES string of the molecule is CCN(CC(=O)N[C@@H](C)COC)S(=O)(=O)c1cc(C)ccc1OC. The lowest BCUT2D eigenvalue weighted by molar-refractivity contribution is -0.122. The number of ether oxygens (including phenoxy) is 2. The Labute approximate surface area is 144 Å². The molecule has 24 heavy (non-hydrogen) atoms. The largest absolute Gasteiger partial charge is 0.495 e. The third-order valence-electron chi connectivity index (χ3n) is 3.43. The molecule has 0 saturated carbocycles. The van der Waals surface area contributed by atoms with E-state index in [-0.39, 0.29) is 35.7 Å². The maximum Gasteiger partial charge on any atom is 0.247 e. The van der Waals surface area contributed by atoms with Crippen LogP contribution in [-0.4, -0.2) is 58.6 Å². The van der Waals surface area contributed by atoms with Gasteiger partial charge in [0.05, 0.1) is 20.3 Å². The van der Waals surface area contributed by atoms with E-state index in [9.17, 15) is 13.2 Å². The number of likely N-dealkylation sites (N-methyl/N-ethyl adjacent to an activating group) is 1. The molecule has 0 aliphatic rings. The lowest BCUT2D eigenvalue weighted by Crippen LogP contribution is -2.44. The molecular weight excluding hydrogens is 332 g/mol. The van der Waals surface area contributed by atoms with E-state index < -0.39 is 10.0 Å². The summed E-state index contributed by atoms with van der Waals surface area (Å²) in [5.74, 6) is -0.121. The van der Waals surface area contributed by atoms with E-state index >= 15 is 0 Å². The van der Waals surface area contributed by atoms with Crippen LogP contribution in [0.2, 0.25) is 0 Å². The number of amides is 1. The number of carbonyl (C=O) groups excluding carboxylic acids is 1. The van der Waals surface area contributed by atoms with Crippen molar-refractivity contribution < 1.29 is 22.7 Å². The van der Waals surface area contributed by atoms with Crippen LogP contribution in [0.4, 0.5) is 0 Å². The summed E-state index contributed by atoms with van der Waals surface area (Å²) in [5.41, 5.74) is 0.795. The van der Waals surface area contributed by atoms with Gasteiger partial charge >= 0.3 is 0 Å². The van der Waals surface area contributed by atoms with E-state index in [1.807, 2.05) is 0 Å². The number of aryl methyl sites for hydroxylation is 1. The summed E-state index contributed by atoms with van der Waals surface area (Å²) in [7, 11) is -0.890. The van der Waals surface area contributed by atoms with Crippen molar-refractivity contribution in [2.75, 3.05) is 33.9 Å². The van der Waals surface area contributed by atoms with E-state index in [0.29, 0.717) is 6.61 Å². The number of nitrogens with one attached hydrogen (secondary N) is 1. The number of sulfonamides is 1. The van der Waals surface area contributed by atoms with Crippen LogP contribution in [-0.2, 0) is 19.6 Å². The number of rotatable bonds is 9. The van der Waals surface area contributed by atoms with Crippen LogP contribution < -0.4 is 10.1 Å². The Balaban J connectivity index is 3.02. The molecule has 0 unspecified atom stereocenters. The fourth-order valence-electron chi connectivity index (χ4n) is 2.26. The molecule has 1 N–H and O–H groups in total. The van der Waals surface area contributed by atoms with Gasteiger partial charge in [0.15, 0.2) is 0 Å². The zero-order valence-electron chi connectivity index (χ0n) is 14.8. The highest BCUT2D eigenvalue weighted by Crippen LogP contribution is 2.27. The molecule has 1 rings (SSSR count). The second-order valence-corrected chi connectivity index (χ2v) is 7.42. The molecule has 0 bridgehead atoms. The lowest BCUT2D eigenvalue weighted by Gasteiger charge is -2.22. The van der Waals surface area contributed by atoms with Gasteiger partial charge < -0.3 is 14.8 Å². The summed E-state index contributed by atoms with van der Waals surface area (Å²) in [6.07, 6.45) is 0. The highest BCUT2D eigenvalue weighted by Gasteiger charge is 2.28. The Morgan fingerprint density at radius 3 is 2.54 bits per heavy atom. The van der Waals surface area contributed by atoms with Crippen molar-refractivity contribution in [3.05, 3.63) is 23.8 Å². The van der Waals surface area contributed by atoms with E-state index in [1.165, 1.54) is 14.2 Å². The average Bonchev–Trinajstić information content (AvgIpc) is 2.52. The van der Waals surface area contributed by atoms with Gasteiger partial charge in [-0.25, -0.2) is 8.42 Å². The molecule has 1 aromatic rings. The number of benzene rings is 1. The Bertz CT molecular complexity index is 660. The lowest BCUT2D eigenvalue weighted by atomic mass is 10.2. The van der Waals surface area contributed by atoms with Crippen molar-refractivity contribution >= 4 is 15.9 Å². The Hall–Kier alpha value is -1.64. The van der Waals surface area contributed by atoms with Gasteiger partial charge in [-0.05, 0) is 31.5 Å².